The molecule has 0 radical (unpaired) electrons. The molecule has 1 heterocycles. The number of hydrogen-bond acceptors (Lipinski definition) is 2. The first kappa shape index (κ1) is 17.3. The molecule has 124 valence electrons. The van der Waals surface area contributed by atoms with Crippen LogP contribution in [0, 0.1) is 5.92 Å². The van der Waals surface area contributed by atoms with E-state index in [1.54, 1.807) is 0 Å². The van der Waals surface area contributed by atoms with Crippen LogP contribution in [-0.4, -0.2) is 31.1 Å². The Morgan fingerprint density at radius 3 is 2.91 bits per heavy atom. The van der Waals surface area contributed by atoms with E-state index < -0.39 is 0 Å². The second-order valence-corrected chi connectivity index (χ2v) is 7.05. The summed E-state index contributed by atoms with van der Waals surface area (Å²) in [5.74, 6) is 2.29. The van der Waals surface area contributed by atoms with E-state index >= 15 is 0 Å². The van der Waals surface area contributed by atoms with Crippen LogP contribution in [0.2, 0.25) is 0 Å². The molecule has 0 N–H and O–H groups in total. The van der Waals surface area contributed by atoms with Gasteiger partial charge in [0.05, 0.1) is 6.61 Å². The third kappa shape index (κ3) is 5.64. The van der Waals surface area contributed by atoms with Crippen LogP contribution in [0.1, 0.15) is 64.4 Å². The van der Waals surface area contributed by atoms with E-state index in [4.69, 9.17) is 4.74 Å². The van der Waals surface area contributed by atoms with E-state index in [1.165, 1.54) is 57.3 Å². The largest absolute Gasteiger partial charge is 0.493 e. The summed E-state index contributed by atoms with van der Waals surface area (Å²) in [6, 6.07) is 8.59. The smallest absolute Gasteiger partial charge is 0.119 e. The Balaban J connectivity index is 1.77. The fraction of sp³-hybridized carbons (Fsp3) is 0.700. The lowest BCUT2D eigenvalue weighted by atomic mass is 9.98. The molecule has 1 saturated heterocycles. The molecule has 0 amide bonds. The number of hydrogen-bond donors (Lipinski definition) is 0. The molecule has 1 fully saturated rings. The SMILES string of the molecule is CCCCCN1CCCC(COc2cccc(C(C)C)c2)C1. The molecule has 2 heteroatoms. The summed E-state index contributed by atoms with van der Waals surface area (Å²) in [6.07, 6.45) is 6.66. The van der Waals surface area contributed by atoms with Gasteiger partial charge in [-0.05, 0) is 56.0 Å². The van der Waals surface area contributed by atoms with Gasteiger partial charge < -0.3 is 9.64 Å². The minimum Gasteiger partial charge on any atom is -0.493 e. The molecule has 0 spiro atoms. The highest BCUT2D eigenvalue weighted by Gasteiger charge is 2.20. The van der Waals surface area contributed by atoms with Crippen molar-refractivity contribution in [1.29, 1.82) is 0 Å². The average molecular weight is 303 g/mol. The lowest BCUT2D eigenvalue weighted by molar-refractivity contribution is 0.128. The number of unbranched alkanes of at least 4 members (excludes halogenated alkanes) is 2. The lowest BCUT2D eigenvalue weighted by Gasteiger charge is -2.32. The molecular formula is C20H33NO. The summed E-state index contributed by atoms with van der Waals surface area (Å²) in [5.41, 5.74) is 1.36. The topological polar surface area (TPSA) is 12.5 Å². The zero-order valence-corrected chi connectivity index (χ0v) is 14.7. The van der Waals surface area contributed by atoms with Gasteiger partial charge in [0.25, 0.3) is 0 Å². The first-order valence-corrected chi connectivity index (χ1v) is 9.14. The van der Waals surface area contributed by atoms with Gasteiger partial charge in [-0.3, -0.25) is 0 Å². The van der Waals surface area contributed by atoms with Crippen molar-refractivity contribution >= 4 is 0 Å². The maximum Gasteiger partial charge on any atom is 0.119 e. The number of likely N-dealkylation sites (tertiary alicyclic amines) is 1. The van der Waals surface area contributed by atoms with Crippen molar-refractivity contribution in [2.75, 3.05) is 26.2 Å². The highest BCUT2D eigenvalue weighted by Crippen LogP contribution is 2.22. The molecule has 1 aliphatic rings. The fourth-order valence-electron chi connectivity index (χ4n) is 3.25. The van der Waals surface area contributed by atoms with Gasteiger partial charge in [0.1, 0.15) is 5.75 Å². The number of piperidine rings is 1. The Morgan fingerprint density at radius 1 is 1.27 bits per heavy atom. The second-order valence-electron chi connectivity index (χ2n) is 7.05. The normalized spacial score (nSPS) is 19.5. The van der Waals surface area contributed by atoms with Gasteiger partial charge in [-0.15, -0.1) is 0 Å². The van der Waals surface area contributed by atoms with E-state index in [1.807, 2.05) is 0 Å². The second kappa shape index (κ2) is 9.19. The highest BCUT2D eigenvalue weighted by molar-refractivity contribution is 5.30. The van der Waals surface area contributed by atoms with Crippen LogP contribution < -0.4 is 4.74 Å². The number of ether oxygens (including phenoxy) is 1. The van der Waals surface area contributed by atoms with Crippen LogP contribution in [0.15, 0.2) is 24.3 Å². The minimum absolute atomic E-state index is 0.562. The third-order valence-electron chi connectivity index (χ3n) is 4.69. The summed E-state index contributed by atoms with van der Waals surface area (Å²) >= 11 is 0. The van der Waals surface area contributed by atoms with Gasteiger partial charge >= 0.3 is 0 Å². The van der Waals surface area contributed by atoms with Gasteiger partial charge in [-0.2, -0.15) is 0 Å². The van der Waals surface area contributed by atoms with Crippen LogP contribution in [0.25, 0.3) is 0 Å². The first-order valence-electron chi connectivity index (χ1n) is 9.14. The van der Waals surface area contributed by atoms with Crippen LogP contribution in [0.5, 0.6) is 5.75 Å². The zero-order valence-electron chi connectivity index (χ0n) is 14.7. The molecule has 2 rings (SSSR count). The molecule has 2 nitrogen and oxygen atoms in total. The van der Waals surface area contributed by atoms with Crippen molar-refractivity contribution in [3.8, 4) is 5.75 Å². The van der Waals surface area contributed by atoms with Crippen molar-refractivity contribution in [2.45, 2.75) is 58.8 Å². The quantitative estimate of drug-likeness (QED) is 0.620. The van der Waals surface area contributed by atoms with Crippen LogP contribution in [0.3, 0.4) is 0 Å². The summed E-state index contributed by atoms with van der Waals surface area (Å²) in [7, 11) is 0. The minimum atomic E-state index is 0.562. The average Bonchev–Trinajstić information content (AvgIpc) is 2.54. The van der Waals surface area contributed by atoms with E-state index in [2.05, 4.69) is 49.9 Å². The molecule has 0 saturated carbocycles. The maximum atomic E-state index is 6.08. The van der Waals surface area contributed by atoms with Crippen LogP contribution in [0.4, 0.5) is 0 Å². The van der Waals surface area contributed by atoms with Gasteiger partial charge in [0, 0.05) is 12.5 Å². The van der Waals surface area contributed by atoms with Gasteiger partial charge in [0.15, 0.2) is 0 Å². The van der Waals surface area contributed by atoms with Crippen molar-refractivity contribution in [1.82, 2.24) is 4.90 Å². The molecule has 1 atom stereocenters. The Kier molecular flexibility index (Phi) is 7.24. The highest BCUT2D eigenvalue weighted by atomic mass is 16.5. The maximum absolute atomic E-state index is 6.08. The summed E-state index contributed by atoms with van der Waals surface area (Å²) in [6.45, 7) is 11.4. The predicted octanol–water partition coefficient (Wildman–Crippen LogP) is 5.09. The van der Waals surface area contributed by atoms with Crippen molar-refractivity contribution < 1.29 is 4.74 Å². The van der Waals surface area contributed by atoms with Crippen molar-refractivity contribution in [2.24, 2.45) is 5.92 Å². The van der Waals surface area contributed by atoms with Crippen LogP contribution >= 0.6 is 0 Å². The predicted molar refractivity (Wildman–Crippen MR) is 94.7 cm³/mol. The first-order chi connectivity index (χ1) is 10.7. The Bertz CT molecular complexity index is 429. The Hall–Kier alpha value is -1.02. The van der Waals surface area contributed by atoms with Crippen molar-refractivity contribution in [3.63, 3.8) is 0 Å². The molecule has 0 bridgehead atoms. The molecule has 0 aliphatic carbocycles. The summed E-state index contributed by atoms with van der Waals surface area (Å²) in [5, 5.41) is 0. The van der Waals surface area contributed by atoms with Gasteiger partial charge in [0.2, 0.25) is 0 Å². The molecule has 1 unspecified atom stereocenters. The van der Waals surface area contributed by atoms with E-state index in [-0.39, 0.29) is 0 Å². The van der Waals surface area contributed by atoms with Crippen molar-refractivity contribution in [3.05, 3.63) is 29.8 Å². The number of benzene rings is 1. The molecule has 1 aromatic rings. The lowest BCUT2D eigenvalue weighted by Crippen LogP contribution is -2.38. The summed E-state index contributed by atoms with van der Waals surface area (Å²) < 4.78 is 6.08. The van der Waals surface area contributed by atoms with Crippen LogP contribution in [-0.2, 0) is 0 Å². The van der Waals surface area contributed by atoms with E-state index in [0.717, 1.165) is 12.4 Å². The molecule has 22 heavy (non-hydrogen) atoms. The number of nitrogens with zero attached hydrogens (tertiary/aromatic N) is 1. The van der Waals surface area contributed by atoms with E-state index in [0.29, 0.717) is 11.8 Å². The van der Waals surface area contributed by atoms with E-state index in [9.17, 15) is 0 Å². The third-order valence-corrected chi connectivity index (χ3v) is 4.69. The molecular weight excluding hydrogens is 270 g/mol. The zero-order chi connectivity index (χ0) is 15.8. The Morgan fingerprint density at radius 2 is 2.14 bits per heavy atom. The molecule has 0 aromatic heterocycles. The standard InChI is InChI=1S/C20H33NO/c1-4-5-6-12-21-13-8-9-18(15-21)16-22-20-11-7-10-19(14-20)17(2)3/h7,10-11,14,17-18H,4-6,8-9,12-13,15-16H2,1-3H3. The number of rotatable bonds is 8. The fourth-order valence-corrected chi connectivity index (χ4v) is 3.25. The molecule has 1 aromatic carbocycles. The summed E-state index contributed by atoms with van der Waals surface area (Å²) in [4.78, 5) is 2.64. The Labute approximate surface area is 136 Å². The molecule has 1 aliphatic heterocycles. The monoisotopic (exact) mass is 303 g/mol. The van der Waals surface area contributed by atoms with Gasteiger partial charge in [-0.25, -0.2) is 0 Å². The van der Waals surface area contributed by atoms with Gasteiger partial charge in [-0.1, -0.05) is 45.7 Å².